The molecule has 1 aliphatic rings. The Bertz CT molecular complexity index is 430. The predicted octanol–water partition coefficient (Wildman–Crippen LogP) is 3.30. The van der Waals surface area contributed by atoms with Gasteiger partial charge in [0, 0.05) is 18.2 Å². The highest BCUT2D eigenvalue weighted by Crippen LogP contribution is 2.29. The second-order valence-electron chi connectivity index (χ2n) is 5.76. The van der Waals surface area contributed by atoms with Crippen molar-refractivity contribution in [1.29, 1.82) is 0 Å². The van der Waals surface area contributed by atoms with Crippen molar-refractivity contribution in [3.63, 3.8) is 0 Å². The first-order valence-corrected chi connectivity index (χ1v) is 7.80. The number of hydrogen-bond acceptors (Lipinski definition) is 4. The molecule has 4 nitrogen and oxygen atoms in total. The minimum atomic E-state index is -0.172. The topological polar surface area (TPSA) is 53.7 Å². The zero-order valence-electron chi connectivity index (χ0n) is 13.1. The van der Waals surface area contributed by atoms with Crippen molar-refractivity contribution in [1.82, 2.24) is 0 Å². The van der Waals surface area contributed by atoms with Gasteiger partial charge < -0.3 is 19.9 Å². The molecule has 1 fully saturated rings. The maximum Gasteiger partial charge on any atom is 0.127 e. The molecule has 4 heteroatoms. The van der Waals surface area contributed by atoms with Gasteiger partial charge >= 0.3 is 0 Å². The Morgan fingerprint density at radius 3 is 2.57 bits per heavy atom. The van der Waals surface area contributed by atoms with Crippen LogP contribution in [0.5, 0.6) is 11.5 Å². The highest BCUT2D eigenvalue weighted by Gasteiger charge is 2.16. The fourth-order valence-corrected chi connectivity index (χ4v) is 2.93. The van der Waals surface area contributed by atoms with E-state index in [0.29, 0.717) is 12.5 Å². The van der Waals surface area contributed by atoms with Gasteiger partial charge in [-0.2, -0.15) is 0 Å². The normalized spacial score (nSPS) is 17.5. The van der Waals surface area contributed by atoms with Gasteiger partial charge in [-0.15, -0.1) is 0 Å². The molecule has 2 N–H and O–H groups in total. The monoisotopic (exact) mass is 293 g/mol. The second-order valence-corrected chi connectivity index (χ2v) is 5.76. The SMILES string of the molecule is COc1ccc(C(N)COCC2CCCCC2)c(OC)c1. The average molecular weight is 293 g/mol. The van der Waals surface area contributed by atoms with Crippen LogP contribution in [0.25, 0.3) is 0 Å². The first kappa shape index (κ1) is 16.1. The number of methoxy groups -OCH3 is 2. The van der Waals surface area contributed by atoms with Gasteiger partial charge in [0.15, 0.2) is 0 Å². The van der Waals surface area contributed by atoms with E-state index < -0.39 is 0 Å². The molecular formula is C17H27NO3. The van der Waals surface area contributed by atoms with E-state index in [-0.39, 0.29) is 6.04 Å². The van der Waals surface area contributed by atoms with Crippen molar-refractivity contribution in [2.24, 2.45) is 11.7 Å². The largest absolute Gasteiger partial charge is 0.497 e. The van der Waals surface area contributed by atoms with Crippen LogP contribution in [0.15, 0.2) is 18.2 Å². The van der Waals surface area contributed by atoms with Crippen molar-refractivity contribution in [2.45, 2.75) is 38.1 Å². The molecule has 1 aromatic rings. The molecule has 1 unspecified atom stereocenters. The van der Waals surface area contributed by atoms with Crippen LogP contribution < -0.4 is 15.2 Å². The van der Waals surface area contributed by atoms with Crippen LogP contribution in [-0.4, -0.2) is 27.4 Å². The first-order chi connectivity index (χ1) is 10.2. The van der Waals surface area contributed by atoms with Crippen LogP contribution in [0.1, 0.15) is 43.7 Å². The average Bonchev–Trinajstić information content (AvgIpc) is 2.55. The van der Waals surface area contributed by atoms with E-state index in [2.05, 4.69) is 0 Å². The summed E-state index contributed by atoms with van der Waals surface area (Å²) in [5, 5.41) is 0. The van der Waals surface area contributed by atoms with Crippen molar-refractivity contribution in [3.05, 3.63) is 23.8 Å². The summed E-state index contributed by atoms with van der Waals surface area (Å²) >= 11 is 0. The number of ether oxygens (including phenoxy) is 3. The second kappa shape index (κ2) is 8.25. The van der Waals surface area contributed by atoms with Crippen molar-refractivity contribution in [3.8, 4) is 11.5 Å². The summed E-state index contributed by atoms with van der Waals surface area (Å²) in [6, 6.07) is 5.54. The Balaban J connectivity index is 1.85. The van der Waals surface area contributed by atoms with E-state index in [9.17, 15) is 0 Å². The van der Waals surface area contributed by atoms with Crippen LogP contribution in [0, 0.1) is 5.92 Å². The number of nitrogens with two attached hydrogens (primary N) is 1. The summed E-state index contributed by atoms with van der Waals surface area (Å²) in [6.45, 7) is 1.35. The van der Waals surface area contributed by atoms with Gasteiger partial charge in [-0.1, -0.05) is 19.3 Å². The van der Waals surface area contributed by atoms with E-state index in [4.69, 9.17) is 19.9 Å². The fourth-order valence-electron chi connectivity index (χ4n) is 2.93. The van der Waals surface area contributed by atoms with Gasteiger partial charge in [0.05, 0.1) is 26.9 Å². The highest BCUT2D eigenvalue weighted by molar-refractivity contribution is 5.42. The summed E-state index contributed by atoms with van der Waals surface area (Å²) in [5.41, 5.74) is 7.19. The van der Waals surface area contributed by atoms with Crippen LogP contribution in [-0.2, 0) is 4.74 Å². The molecule has 0 radical (unpaired) electrons. The summed E-state index contributed by atoms with van der Waals surface area (Å²) in [4.78, 5) is 0. The summed E-state index contributed by atoms with van der Waals surface area (Å²) in [5.74, 6) is 2.23. The third-order valence-corrected chi connectivity index (χ3v) is 4.22. The summed E-state index contributed by atoms with van der Waals surface area (Å²) in [6.07, 6.45) is 6.64. The highest BCUT2D eigenvalue weighted by atomic mass is 16.5. The molecule has 0 saturated heterocycles. The predicted molar refractivity (Wildman–Crippen MR) is 83.9 cm³/mol. The molecule has 2 rings (SSSR count). The van der Waals surface area contributed by atoms with Crippen LogP contribution in [0.2, 0.25) is 0 Å². The number of hydrogen-bond donors (Lipinski definition) is 1. The Morgan fingerprint density at radius 2 is 1.90 bits per heavy atom. The molecule has 0 spiro atoms. The van der Waals surface area contributed by atoms with Crippen LogP contribution >= 0.6 is 0 Å². The zero-order valence-corrected chi connectivity index (χ0v) is 13.1. The lowest BCUT2D eigenvalue weighted by molar-refractivity contribution is 0.0755. The lowest BCUT2D eigenvalue weighted by Gasteiger charge is -2.22. The van der Waals surface area contributed by atoms with Crippen LogP contribution in [0.3, 0.4) is 0 Å². The molecular weight excluding hydrogens is 266 g/mol. The quantitative estimate of drug-likeness (QED) is 0.838. The Labute approximate surface area is 127 Å². The molecule has 118 valence electrons. The Kier molecular flexibility index (Phi) is 6.33. The number of rotatable bonds is 7. The molecule has 1 aromatic carbocycles. The molecule has 0 heterocycles. The van der Waals surface area contributed by atoms with Crippen molar-refractivity contribution in [2.75, 3.05) is 27.4 Å². The minimum Gasteiger partial charge on any atom is -0.497 e. The summed E-state index contributed by atoms with van der Waals surface area (Å²) in [7, 11) is 3.29. The van der Waals surface area contributed by atoms with E-state index in [1.165, 1.54) is 32.1 Å². The Hall–Kier alpha value is -1.26. The first-order valence-electron chi connectivity index (χ1n) is 7.80. The molecule has 0 bridgehead atoms. The fraction of sp³-hybridized carbons (Fsp3) is 0.647. The smallest absolute Gasteiger partial charge is 0.127 e. The van der Waals surface area contributed by atoms with E-state index in [1.807, 2.05) is 18.2 Å². The molecule has 21 heavy (non-hydrogen) atoms. The minimum absolute atomic E-state index is 0.172. The van der Waals surface area contributed by atoms with E-state index >= 15 is 0 Å². The molecule has 0 amide bonds. The third-order valence-electron chi connectivity index (χ3n) is 4.22. The van der Waals surface area contributed by atoms with E-state index in [1.54, 1.807) is 14.2 Å². The molecule has 0 aliphatic heterocycles. The van der Waals surface area contributed by atoms with Gasteiger partial charge in [-0.05, 0) is 30.9 Å². The Morgan fingerprint density at radius 1 is 1.14 bits per heavy atom. The molecule has 1 atom stereocenters. The van der Waals surface area contributed by atoms with Crippen LogP contribution in [0.4, 0.5) is 0 Å². The van der Waals surface area contributed by atoms with Gasteiger partial charge in [-0.25, -0.2) is 0 Å². The zero-order chi connectivity index (χ0) is 15.1. The van der Waals surface area contributed by atoms with Gasteiger partial charge in [-0.3, -0.25) is 0 Å². The van der Waals surface area contributed by atoms with Crippen molar-refractivity contribution < 1.29 is 14.2 Å². The van der Waals surface area contributed by atoms with Gasteiger partial charge in [0.1, 0.15) is 11.5 Å². The standard InChI is InChI=1S/C17H27NO3/c1-19-14-8-9-15(17(10-14)20-2)16(18)12-21-11-13-6-4-3-5-7-13/h8-10,13,16H,3-7,11-12,18H2,1-2H3. The maximum atomic E-state index is 6.23. The number of benzene rings is 1. The van der Waals surface area contributed by atoms with Gasteiger partial charge in [0.25, 0.3) is 0 Å². The third kappa shape index (κ3) is 4.61. The summed E-state index contributed by atoms with van der Waals surface area (Å²) < 4.78 is 16.4. The van der Waals surface area contributed by atoms with Gasteiger partial charge in [0.2, 0.25) is 0 Å². The molecule has 1 saturated carbocycles. The van der Waals surface area contributed by atoms with E-state index in [0.717, 1.165) is 23.7 Å². The molecule has 1 aliphatic carbocycles. The maximum absolute atomic E-state index is 6.23. The lowest BCUT2D eigenvalue weighted by atomic mass is 9.90. The van der Waals surface area contributed by atoms with Crippen molar-refractivity contribution >= 4 is 0 Å². The lowest BCUT2D eigenvalue weighted by Crippen LogP contribution is -2.21. The molecule has 0 aromatic heterocycles.